The number of carbonyl (C=O) groups excluding carboxylic acids is 1. The average molecular weight is 270 g/mol. The lowest BCUT2D eigenvalue weighted by molar-refractivity contribution is 0.0481. The van der Waals surface area contributed by atoms with Crippen molar-refractivity contribution in [1.29, 1.82) is 0 Å². The number of ether oxygens (including phenoxy) is 1. The number of hydrogen-bond acceptors (Lipinski definition) is 7. The number of fused-ring (bicyclic) bond motifs is 1. The summed E-state index contributed by atoms with van der Waals surface area (Å²) in [6, 6.07) is 5.41. The molecule has 0 atom stereocenters. The maximum absolute atomic E-state index is 11.5. The van der Waals surface area contributed by atoms with Crippen LogP contribution in [-0.2, 0) is 4.74 Å². The van der Waals surface area contributed by atoms with E-state index in [4.69, 9.17) is 9.15 Å². The maximum Gasteiger partial charge on any atom is 0.396 e. The fourth-order valence-corrected chi connectivity index (χ4v) is 1.77. The molecule has 7 nitrogen and oxygen atoms in total. The van der Waals surface area contributed by atoms with E-state index < -0.39 is 5.97 Å². The monoisotopic (exact) mass is 270 g/mol. The van der Waals surface area contributed by atoms with E-state index in [0.29, 0.717) is 16.6 Å². The molecule has 7 heteroatoms. The van der Waals surface area contributed by atoms with E-state index in [9.17, 15) is 4.79 Å². The number of para-hydroxylation sites is 1. The SMILES string of the molecule is CCOC(=O)c1nnc(-c2cccc3nccnc23)o1. The molecule has 0 N–H and O–H groups in total. The second kappa shape index (κ2) is 5.04. The van der Waals surface area contributed by atoms with Crippen molar-refractivity contribution in [2.45, 2.75) is 6.92 Å². The van der Waals surface area contributed by atoms with E-state index in [1.54, 1.807) is 31.5 Å². The zero-order valence-electron chi connectivity index (χ0n) is 10.6. The van der Waals surface area contributed by atoms with E-state index >= 15 is 0 Å². The van der Waals surface area contributed by atoms with Gasteiger partial charge in [0.1, 0.15) is 5.52 Å². The molecule has 0 radical (unpaired) electrons. The summed E-state index contributed by atoms with van der Waals surface area (Å²) >= 11 is 0. The molecule has 3 aromatic rings. The Kier molecular flexibility index (Phi) is 3.08. The Morgan fingerprint density at radius 1 is 1.25 bits per heavy atom. The number of rotatable bonds is 3. The standard InChI is InChI=1S/C13H10N4O3/c1-2-19-13(18)12-17-16-11(20-12)8-4-3-5-9-10(8)15-7-6-14-9/h3-7H,2H2,1H3. The molecule has 1 aromatic carbocycles. The Balaban J connectivity index is 2.06. The summed E-state index contributed by atoms with van der Waals surface area (Å²) < 4.78 is 10.1. The summed E-state index contributed by atoms with van der Waals surface area (Å²) in [4.78, 5) is 19.9. The molecule has 0 saturated heterocycles. The third kappa shape index (κ3) is 2.09. The second-order valence-corrected chi connectivity index (χ2v) is 3.86. The first-order valence-corrected chi connectivity index (χ1v) is 6.00. The van der Waals surface area contributed by atoms with Gasteiger partial charge < -0.3 is 9.15 Å². The Labute approximate surface area is 113 Å². The van der Waals surface area contributed by atoms with Crippen molar-refractivity contribution in [3.05, 3.63) is 36.5 Å². The van der Waals surface area contributed by atoms with Crippen LogP contribution in [-0.4, -0.2) is 32.7 Å². The molecule has 0 amide bonds. The van der Waals surface area contributed by atoms with Crippen LogP contribution in [0, 0.1) is 0 Å². The zero-order valence-corrected chi connectivity index (χ0v) is 10.6. The molecule has 20 heavy (non-hydrogen) atoms. The van der Waals surface area contributed by atoms with Crippen LogP contribution in [0.4, 0.5) is 0 Å². The molecule has 0 fully saturated rings. The minimum absolute atomic E-state index is 0.178. The maximum atomic E-state index is 11.5. The van der Waals surface area contributed by atoms with Crippen molar-refractivity contribution in [2.75, 3.05) is 6.61 Å². The van der Waals surface area contributed by atoms with Crippen LogP contribution in [0.3, 0.4) is 0 Å². The fourth-order valence-electron chi connectivity index (χ4n) is 1.77. The predicted octanol–water partition coefficient (Wildman–Crippen LogP) is 1.86. The number of hydrogen-bond donors (Lipinski definition) is 0. The number of nitrogens with zero attached hydrogens (tertiary/aromatic N) is 4. The molecule has 0 aliphatic heterocycles. The quantitative estimate of drug-likeness (QED) is 0.670. The van der Waals surface area contributed by atoms with Crippen LogP contribution < -0.4 is 0 Å². The summed E-state index contributed by atoms with van der Waals surface area (Å²) in [5.41, 5.74) is 1.97. The summed E-state index contributed by atoms with van der Waals surface area (Å²) in [6.07, 6.45) is 3.18. The molecule has 0 bridgehead atoms. The van der Waals surface area contributed by atoms with Gasteiger partial charge >= 0.3 is 11.9 Å². The molecular weight excluding hydrogens is 260 g/mol. The molecule has 100 valence electrons. The van der Waals surface area contributed by atoms with E-state index in [1.165, 1.54) is 0 Å². The van der Waals surface area contributed by atoms with Crippen LogP contribution in [0.1, 0.15) is 17.6 Å². The van der Waals surface area contributed by atoms with Crippen LogP contribution in [0.2, 0.25) is 0 Å². The second-order valence-electron chi connectivity index (χ2n) is 3.86. The van der Waals surface area contributed by atoms with Gasteiger partial charge in [-0.1, -0.05) is 6.07 Å². The highest BCUT2D eigenvalue weighted by Gasteiger charge is 2.18. The Bertz CT molecular complexity index is 764. The molecule has 0 unspecified atom stereocenters. The van der Waals surface area contributed by atoms with Gasteiger partial charge in [-0.05, 0) is 19.1 Å². The summed E-state index contributed by atoms with van der Waals surface area (Å²) in [5, 5.41) is 7.53. The van der Waals surface area contributed by atoms with Crippen molar-refractivity contribution in [2.24, 2.45) is 0 Å². The molecule has 3 rings (SSSR count). The van der Waals surface area contributed by atoms with Gasteiger partial charge in [-0.25, -0.2) is 4.79 Å². The van der Waals surface area contributed by atoms with Gasteiger partial charge in [0.2, 0.25) is 0 Å². The third-order valence-corrected chi connectivity index (χ3v) is 2.60. The van der Waals surface area contributed by atoms with E-state index in [0.717, 1.165) is 0 Å². The number of aromatic nitrogens is 4. The van der Waals surface area contributed by atoms with Crippen LogP contribution in [0.15, 0.2) is 35.0 Å². The van der Waals surface area contributed by atoms with Gasteiger partial charge in [-0.2, -0.15) is 0 Å². The van der Waals surface area contributed by atoms with E-state index in [2.05, 4.69) is 20.2 Å². The van der Waals surface area contributed by atoms with Gasteiger partial charge in [0.25, 0.3) is 5.89 Å². The predicted molar refractivity (Wildman–Crippen MR) is 68.8 cm³/mol. The number of esters is 1. The minimum atomic E-state index is -0.641. The van der Waals surface area contributed by atoms with Crippen molar-refractivity contribution in [1.82, 2.24) is 20.2 Å². The first kappa shape index (κ1) is 12.2. The largest absolute Gasteiger partial charge is 0.459 e. The molecule has 0 aliphatic carbocycles. The summed E-state index contributed by atoms with van der Waals surface area (Å²) in [6.45, 7) is 1.95. The van der Waals surface area contributed by atoms with Crippen molar-refractivity contribution in [3.63, 3.8) is 0 Å². The highest BCUT2D eigenvalue weighted by atomic mass is 16.5. The molecular formula is C13H10N4O3. The summed E-state index contributed by atoms with van der Waals surface area (Å²) in [5.74, 6) is -0.612. The first-order valence-electron chi connectivity index (χ1n) is 6.00. The molecule has 0 saturated carbocycles. The lowest BCUT2D eigenvalue weighted by Crippen LogP contribution is -2.04. The Hall–Kier alpha value is -2.83. The number of carbonyl (C=O) groups is 1. The minimum Gasteiger partial charge on any atom is -0.459 e. The van der Waals surface area contributed by atoms with Gasteiger partial charge in [-0.15, -0.1) is 10.2 Å². The lowest BCUT2D eigenvalue weighted by Gasteiger charge is -1.99. The van der Waals surface area contributed by atoms with Gasteiger partial charge in [0.05, 0.1) is 17.7 Å². The average Bonchev–Trinajstić information content (AvgIpc) is 2.97. The van der Waals surface area contributed by atoms with Crippen LogP contribution >= 0.6 is 0 Å². The van der Waals surface area contributed by atoms with Gasteiger partial charge in [-0.3, -0.25) is 9.97 Å². The smallest absolute Gasteiger partial charge is 0.396 e. The normalized spacial score (nSPS) is 10.7. The van der Waals surface area contributed by atoms with E-state index in [-0.39, 0.29) is 18.4 Å². The summed E-state index contributed by atoms with van der Waals surface area (Å²) in [7, 11) is 0. The first-order chi connectivity index (χ1) is 9.79. The van der Waals surface area contributed by atoms with Crippen molar-refractivity contribution >= 4 is 17.0 Å². The van der Waals surface area contributed by atoms with Crippen molar-refractivity contribution < 1.29 is 13.9 Å². The highest BCUT2D eigenvalue weighted by Crippen LogP contribution is 2.24. The molecule has 2 aromatic heterocycles. The van der Waals surface area contributed by atoms with Crippen molar-refractivity contribution in [3.8, 4) is 11.5 Å². The molecule has 0 aliphatic rings. The van der Waals surface area contributed by atoms with E-state index in [1.807, 2.05) is 6.07 Å². The lowest BCUT2D eigenvalue weighted by atomic mass is 10.2. The highest BCUT2D eigenvalue weighted by molar-refractivity contribution is 5.89. The molecule has 2 heterocycles. The van der Waals surface area contributed by atoms with Crippen LogP contribution in [0.5, 0.6) is 0 Å². The van der Waals surface area contributed by atoms with Gasteiger partial charge in [0, 0.05) is 12.4 Å². The topological polar surface area (TPSA) is 91.0 Å². The van der Waals surface area contributed by atoms with Crippen LogP contribution in [0.25, 0.3) is 22.5 Å². The number of benzene rings is 1. The van der Waals surface area contributed by atoms with Gasteiger partial charge in [0.15, 0.2) is 0 Å². The Morgan fingerprint density at radius 2 is 2.10 bits per heavy atom. The fraction of sp³-hybridized carbons (Fsp3) is 0.154. The molecule has 0 spiro atoms. The third-order valence-electron chi connectivity index (χ3n) is 2.60. The zero-order chi connectivity index (χ0) is 13.9. The Morgan fingerprint density at radius 3 is 2.95 bits per heavy atom.